The molecule has 0 aromatic heterocycles. The third-order valence-electron chi connectivity index (χ3n) is 4.84. The molecule has 0 spiro atoms. The van der Waals surface area contributed by atoms with E-state index in [0.29, 0.717) is 26.1 Å². The molecule has 0 radical (unpaired) electrons. The van der Waals surface area contributed by atoms with Crippen LogP contribution in [0.25, 0.3) is 0 Å². The number of aryl methyl sites for hydroxylation is 1. The van der Waals surface area contributed by atoms with Gasteiger partial charge in [-0.1, -0.05) is 54.1 Å². The van der Waals surface area contributed by atoms with Gasteiger partial charge in [0.1, 0.15) is 0 Å². The molecule has 1 saturated heterocycles. The minimum Gasteiger partial charge on any atom is -0.357 e. The molecular formula is C23H30N4O. The molecule has 1 aliphatic rings. The SMILES string of the molecule is CCNC(=NCc1cccc(C)c1)NCc1cccc(CN2CCCC2=O)c1. The molecule has 2 aromatic carbocycles. The van der Waals surface area contributed by atoms with E-state index in [1.165, 1.54) is 22.3 Å². The first kappa shape index (κ1) is 19.9. The number of carbonyl (C=O) groups excluding carboxylic acids is 1. The van der Waals surface area contributed by atoms with Gasteiger partial charge in [0.25, 0.3) is 0 Å². The van der Waals surface area contributed by atoms with Crippen LogP contribution in [0.15, 0.2) is 53.5 Å². The summed E-state index contributed by atoms with van der Waals surface area (Å²) in [5, 5.41) is 6.71. The number of carbonyl (C=O) groups is 1. The van der Waals surface area contributed by atoms with Gasteiger partial charge in [-0.15, -0.1) is 0 Å². The van der Waals surface area contributed by atoms with Crippen LogP contribution < -0.4 is 10.6 Å². The Labute approximate surface area is 167 Å². The quantitative estimate of drug-likeness (QED) is 0.574. The van der Waals surface area contributed by atoms with Crippen molar-refractivity contribution in [3.63, 3.8) is 0 Å². The molecule has 1 fully saturated rings. The number of amides is 1. The number of hydrogen-bond donors (Lipinski definition) is 2. The van der Waals surface area contributed by atoms with Crippen LogP contribution in [0.2, 0.25) is 0 Å². The van der Waals surface area contributed by atoms with Crippen LogP contribution in [0.1, 0.15) is 42.0 Å². The highest BCUT2D eigenvalue weighted by Gasteiger charge is 2.19. The van der Waals surface area contributed by atoms with Gasteiger partial charge in [-0.3, -0.25) is 4.79 Å². The molecule has 0 bridgehead atoms. The molecule has 5 heteroatoms. The maximum atomic E-state index is 11.8. The molecule has 28 heavy (non-hydrogen) atoms. The maximum Gasteiger partial charge on any atom is 0.222 e. The monoisotopic (exact) mass is 378 g/mol. The Kier molecular flexibility index (Phi) is 7.06. The highest BCUT2D eigenvalue weighted by atomic mass is 16.2. The Hall–Kier alpha value is -2.82. The number of benzene rings is 2. The van der Waals surface area contributed by atoms with Crippen molar-refractivity contribution in [2.45, 2.75) is 46.3 Å². The van der Waals surface area contributed by atoms with E-state index in [0.717, 1.165) is 25.5 Å². The van der Waals surface area contributed by atoms with Crippen molar-refractivity contribution in [2.75, 3.05) is 13.1 Å². The first-order valence-corrected chi connectivity index (χ1v) is 10.1. The summed E-state index contributed by atoms with van der Waals surface area (Å²) in [6, 6.07) is 16.8. The summed E-state index contributed by atoms with van der Waals surface area (Å²) in [6.45, 7) is 7.90. The molecule has 1 amide bonds. The van der Waals surface area contributed by atoms with E-state index in [4.69, 9.17) is 4.99 Å². The summed E-state index contributed by atoms with van der Waals surface area (Å²) < 4.78 is 0. The minimum absolute atomic E-state index is 0.265. The van der Waals surface area contributed by atoms with Gasteiger partial charge in [-0.2, -0.15) is 0 Å². The number of hydrogen-bond acceptors (Lipinski definition) is 2. The standard InChI is InChI=1S/C23H30N4O/c1-3-24-23(25-15-19-8-4-7-18(2)13-19)26-16-20-9-5-10-21(14-20)17-27-12-6-11-22(27)28/h4-5,7-10,13-14H,3,6,11-12,15-17H2,1-2H3,(H2,24,25,26). The fourth-order valence-corrected chi connectivity index (χ4v) is 3.44. The first-order valence-electron chi connectivity index (χ1n) is 10.1. The predicted octanol–water partition coefficient (Wildman–Crippen LogP) is 3.37. The average Bonchev–Trinajstić information content (AvgIpc) is 3.09. The van der Waals surface area contributed by atoms with Crippen molar-refractivity contribution >= 4 is 11.9 Å². The van der Waals surface area contributed by atoms with Gasteiger partial charge in [-0.05, 0) is 37.0 Å². The maximum absolute atomic E-state index is 11.8. The van der Waals surface area contributed by atoms with Gasteiger partial charge in [0.15, 0.2) is 5.96 Å². The predicted molar refractivity (Wildman–Crippen MR) is 114 cm³/mol. The van der Waals surface area contributed by atoms with E-state index >= 15 is 0 Å². The van der Waals surface area contributed by atoms with Gasteiger partial charge < -0.3 is 15.5 Å². The van der Waals surface area contributed by atoms with E-state index in [-0.39, 0.29) is 5.91 Å². The third kappa shape index (κ3) is 5.84. The molecule has 0 aliphatic carbocycles. The lowest BCUT2D eigenvalue weighted by Gasteiger charge is -2.16. The summed E-state index contributed by atoms with van der Waals surface area (Å²) in [5.41, 5.74) is 4.81. The third-order valence-corrected chi connectivity index (χ3v) is 4.84. The van der Waals surface area contributed by atoms with Crippen molar-refractivity contribution in [3.05, 3.63) is 70.8 Å². The molecule has 2 N–H and O–H groups in total. The number of rotatable bonds is 7. The van der Waals surface area contributed by atoms with Gasteiger partial charge >= 0.3 is 0 Å². The van der Waals surface area contributed by atoms with Crippen LogP contribution in [0.5, 0.6) is 0 Å². The highest BCUT2D eigenvalue weighted by molar-refractivity contribution is 5.79. The van der Waals surface area contributed by atoms with E-state index in [9.17, 15) is 4.79 Å². The van der Waals surface area contributed by atoms with Gasteiger partial charge in [0, 0.05) is 32.6 Å². The van der Waals surface area contributed by atoms with Crippen molar-refractivity contribution in [3.8, 4) is 0 Å². The molecule has 148 valence electrons. The number of guanidine groups is 1. The second kappa shape index (κ2) is 9.93. The fraction of sp³-hybridized carbons (Fsp3) is 0.391. The van der Waals surface area contributed by atoms with Crippen molar-refractivity contribution in [2.24, 2.45) is 4.99 Å². The molecule has 5 nitrogen and oxygen atoms in total. The molecule has 0 saturated carbocycles. The molecular weight excluding hydrogens is 348 g/mol. The smallest absolute Gasteiger partial charge is 0.222 e. The van der Waals surface area contributed by atoms with Crippen LogP contribution in [0.3, 0.4) is 0 Å². The molecule has 1 aliphatic heterocycles. The molecule has 0 atom stereocenters. The van der Waals surface area contributed by atoms with Crippen LogP contribution in [-0.4, -0.2) is 29.9 Å². The second-order valence-corrected chi connectivity index (χ2v) is 7.28. The van der Waals surface area contributed by atoms with Gasteiger partial charge in [0.2, 0.25) is 5.91 Å². The van der Waals surface area contributed by atoms with E-state index in [2.05, 4.69) is 73.0 Å². The second-order valence-electron chi connectivity index (χ2n) is 7.28. The number of aliphatic imine (C=N–C) groups is 1. The Balaban J connectivity index is 1.59. The van der Waals surface area contributed by atoms with Crippen molar-refractivity contribution in [1.29, 1.82) is 0 Å². The Morgan fingerprint density at radius 3 is 2.61 bits per heavy atom. The summed E-state index contributed by atoms with van der Waals surface area (Å²) in [7, 11) is 0. The van der Waals surface area contributed by atoms with Crippen LogP contribution in [0.4, 0.5) is 0 Å². The normalized spacial score (nSPS) is 14.4. The highest BCUT2D eigenvalue weighted by Crippen LogP contribution is 2.15. The van der Waals surface area contributed by atoms with Gasteiger partial charge in [-0.25, -0.2) is 4.99 Å². The Morgan fingerprint density at radius 1 is 1.07 bits per heavy atom. The summed E-state index contributed by atoms with van der Waals surface area (Å²) in [5.74, 6) is 1.07. The van der Waals surface area contributed by atoms with Gasteiger partial charge in [0.05, 0.1) is 6.54 Å². The fourth-order valence-electron chi connectivity index (χ4n) is 3.44. The minimum atomic E-state index is 0.265. The summed E-state index contributed by atoms with van der Waals surface area (Å²) in [6.07, 6.45) is 1.66. The zero-order valence-corrected chi connectivity index (χ0v) is 16.9. The number of nitrogens with zero attached hydrogens (tertiary/aromatic N) is 2. The number of nitrogens with one attached hydrogen (secondary N) is 2. The Bertz CT molecular complexity index is 831. The largest absolute Gasteiger partial charge is 0.357 e. The first-order chi connectivity index (χ1) is 13.6. The lowest BCUT2D eigenvalue weighted by molar-refractivity contribution is -0.128. The molecule has 2 aromatic rings. The zero-order valence-electron chi connectivity index (χ0n) is 16.9. The summed E-state index contributed by atoms with van der Waals surface area (Å²) in [4.78, 5) is 18.5. The van der Waals surface area contributed by atoms with Crippen LogP contribution >= 0.6 is 0 Å². The molecule has 0 unspecified atom stereocenters. The van der Waals surface area contributed by atoms with E-state index in [1.807, 2.05) is 4.90 Å². The van der Waals surface area contributed by atoms with E-state index < -0.39 is 0 Å². The summed E-state index contributed by atoms with van der Waals surface area (Å²) >= 11 is 0. The topological polar surface area (TPSA) is 56.7 Å². The average molecular weight is 379 g/mol. The zero-order chi connectivity index (χ0) is 19.8. The Morgan fingerprint density at radius 2 is 1.86 bits per heavy atom. The van der Waals surface area contributed by atoms with Crippen LogP contribution in [-0.2, 0) is 24.4 Å². The number of likely N-dealkylation sites (tertiary alicyclic amines) is 1. The van der Waals surface area contributed by atoms with Crippen LogP contribution in [0, 0.1) is 6.92 Å². The molecule has 3 rings (SSSR count). The van der Waals surface area contributed by atoms with Crippen molar-refractivity contribution in [1.82, 2.24) is 15.5 Å². The lowest BCUT2D eigenvalue weighted by atomic mass is 10.1. The lowest BCUT2D eigenvalue weighted by Crippen LogP contribution is -2.36. The molecule has 1 heterocycles. The van der Waals surface area contributed by atoms with E-state index in [1.54, 1.807) is 0 Å². The van der Waals surface area contributed by atoms with Crippen molar-refractivity contribution < 1.29 is 4.79 Å².